The van der Waals surface area contributed by atoms with Crippen molar-refractivity contribution in [2.45, 2.75) is 24.5 Å². The van der Waals surface area contributed by atoms with Crippen LogP contribution in [0.15, 0.2) is 47.4 Å². The Morgan fingerprint density at radius 3 is 2.71 bits per heavy atom. The van der Waals surface area contributed by atoms with E-state index in [9.17, 15) is 9.59 Å². The summed E-state index contributed by atoms with van der Waals surface area (Å²) < 4.78 is 11.3. The van der Waals surface area contributed by atoms with Gasteiger partial charge in [0.15, 0.2) is 0 Å². The van der Waals surface area contributed by atoms with Crippen molar-refractivity contribution in [3.05, 3.63) is 58.1 Å². The molecule has 1 saturated heterocycles. The molecule has 1 aliphatic heterocycles. The number of ether oxygens (including phenoxy) is 2. The van der Waals surface area contributed by atoms with E-state index in [-0.39, 0.29) is 24.4 Å². The van der Waals surface area contributed by atoms with Crippen molar-refractivity contribution in [3.8, 4) is 5.75 Å². The van der Waals surface area contributed by atoms with Gasteiger partial charge in [-0.15, -0.1) is 11.8 Å². The summed E-state index contributed by atoms with van der Waals surface area (Å²) in [5.41, 5.74) is 1.09. The van der Waals surface area contributed by atoms with Gasteiger partial charge in [0.25, 0.3) is 0 Å². The number of carbonyl (C=O) groups excluding carboxylic acids is 1. The lowest BCUT2D eigenvalue weighted by atomic mass is 10.2. The van der Waals surface area contributed by atoms with E-state index in [1.54, 1.807) is 25.1 Å². The molecule has 0 aromatic heterocycles. The van der Waals surface area contributed by atoms with Crippen LogP contribution in [0.3, 0.4) is 0 Å². The number of halogens is 2. The van der Waals surface area contributed by atoms with E-state index in [2.05, 4.69) is 10.2 Å². The molecular formula is C24H28Cl2N2O5S. The summed E-state index contributed by atoms with van der Waals surface area (Å²) in [6, 6.07) is 12.9. The summed E-state index contributed by atoms with van der Waals surface area (Å²) in [6.07, 6.45) is -0.0740. The van der Waals surface area contributed by atoms with E-state index in [0.717, 1.165) is 30.1 Å². The van der Waals surface area contributed by atoms with E-state index in [1.165, 1.54) is 11.8 Å². The minimum atomic E-state index is -0.893. The second kappa shape index (κ2) is 13.2. The van der Waals surface area contributed by atoms with E-state index in [1.807, 2.05) is 24.3 Å². The molecule has 0 spiro atoms. The zero-order valence-corrected chi connectivity index (χ0v) is 21.2. The first-order chi connectivity index (χ1) is 16.3. The highest BCUT2D eigenvalue weighted by atomic mass is 35.5. The SMILES string of the molecule is CC(COc1ccc(SCC(=O)NCC2CN(Cc3ccc(Cl)c(Cl)c3)CCO2)cc1)C(=O)O. The molecule has 2 atom stereocenters. The van der Waals surface area contributed by atoms with E-state index in [4.69, 9.17) is 37.8 Å². The Morgan fingerprint density at radius 2 is 2.00 bits per heavy atom. The lowest BCUT2D eigenvalue weighted by Gasteiger charge is -2.33. The maximum absolute atomic E-state index is 12.3. The number of nitrogens with one attached hydrogen (secondary N) is 1. The fourth-order valence-corrected chi connectivity index (χ4v) is 4.34. The predicted octanol–water partition coefficient (Wildman–Crippen LogP) is 4.20. The summed E-state index contributed by atoms with van der Waals surface area (Å²) in [5, 5.41) is 12.9. The van der Waals surface area contributed by atoms with Crippen molar-refractivity contribution in [1.29, 1.82) is 0 Å². The van der Waals surface area contributed by atoms with Crippen molar-refractivity contribution in [2.75, 3.05) is 38.6 Å². The number of rotatable bonds is 11. The van der Waals surface area contributed by atoms with E-state index < -0.39 is 11.9 Å². The number of aliphatic carboxylic acids is 1. The lowest BCUT2D eigenvalue weighted by molar-refractivity contribution is -0.142. The molecule has 2 aromatic rings. The Balaban J connectivity index is 1.36. The van der Waals surface area contributed by atoms with Crippen LogP contribution in [-0.2, 0) is 20.9 Å². The second-order valence-electron chi connectivity index (χ2n) is 8.09. The molecule has 10 heteroatoms. The molecule has 34 heavy (non-hydrogen) atoms. The minimum absolute atomic E-state index is 0.0641. The van der Waals surface area contributed by atoms with Gasteiger partial charge in [0.05, 0.1) is 34.4 Å². The number of carboxylic acids is 1. The summed E-state index contributed by atoms with van der Waals surface area (Å²) in [5.74, 6) is -0.645. The van der Waals surface area contributed by atoms with Crippen LogP contribution in [0.4, 0.5) is 0 Å². The predicted molar refractivity (Wildman–Crippen MR) is 134 cm³/mol. The van der Waals surface area contributed by atoms with Crippen LogP contribution in [0, 0.1) is 5.92 Å². The molecule has 1 amide bonds. The van der Waals surface area contributed by atoms with Gasteiger partial charge in [-0.25, -0.2) is 0 Å². The smallest absolute Gasteiger partial charge is 0.309 e. The molecule has 2 aromatic carbocycles. The van der Waals surface area contributed by atoms with Crippen LogP contribution in [-0.4, -0.2) is 66.6 Å². The molecule has 2 N–H and O–H groups in total. The van der Waals surface area contributed by atoms with Crippen molar-refractivity contribution in [1.82, 2.24) is 10.2 Å². The Hall–Kier alpha value is -1.97. The van der Waals surface area contributed by atoms with Gasteiger partial charge in [-0.1, -0.05) is 29.3 Å². The molecule has 0 bridgehead atoms. The summed E-state index contributed by atoms with van der Waals surface area (Å²) >= 11 is 13.5. The van der Waals surface area contributed by atoms with Gasteiger partial charge in [0.1, 0.15) is 12.4 Å². The maximum atomic E-state index is 12.3. The first-order valence-corrected chi connectivity index (χ1v) is 12.7. The van der Waals surface area contributed by atoms with Crippen LogP contribution in [0.1, 0.15) is 12.5 Å². The Morgan fingerprint density at radius 1 is 1.24 bits per heavy atom. The summed E-state index contributed by atoms with van der Waals surface area (Å²) in [4.78, 5) is 26.4. The molecule has 3 rings (SSSR count). The third-order valence-corrected chi connectivity index (χ3v) is 7.01. The van der Waals surface area contributed by atoms with Gasteiger partial charge in [0, 0.05) is 31.1 Å². The zero-order valence-electron chi connectivity index (χ0n) is 18.8. The molecule has 184 valence electrons. The highest BCUT2D eigenvalue weighted by Gasteiger charge is 2.21. The second-order valence-corrected chi connectivity index (χ2v) is 9.95. The average Bonchev–Trinajstić information content (AvgIpc) is 2.83. The van der Waals surface area contributed by atoms with E-state index >= 15 is 0 Å². The molecule has 2 unspecified atom stereocenters. The fourth-order valence-electron chi connectivity index (χ4n) is 3.30. The Labute approximate surface area is 213 Å². The zero-order chi connectivity index (χ0) is 24.5. The number of hydrogen-bond donors (Lipinski definition) is 2. The van der Waals surface area contributed by atoms with Crippen molar-refractivity contribution in [2.24, 2.45) is 5.92 Å². The third-order valence-electron chi connectivity index (χ3n) is 5.26. The van der Waals surface area contributed by atoms with Crippen LogP contribution in [0.25, 0.3) is 0 Å². The standard InChI is InChI=1S/C24H28Cl2N2O5S/c1-16(24(30)31)14-33-18-3-5-20(6-4-18)34-15-23(29)27-11-19-13-28(8-9-32-19)12-17-2-7-21(25)22(26)10-17/h2-7,10,16,19H,8-9,11-15H2,1H3,(H,27,29)(H,30,31). The normalized spacial score (nSPS) is 17.2. The fraction of sp³-hybridized carbons (Fsp3) is 0.417. The number of morpholine rings is 1. The maximum Gasteiger partial charge on any atom is 0.309 e. The minimum Gasteiger partial charge on any atom is -0.493 e. The number of carboxylic acid groups (broad SMARTS) is 1. The molecule has 1 heterocycles. The lowest BCUT2D eigenvalue weighted by Crippen LogP contribution is -2.47. The highest BCUT2D eigenvalue weighted by Crippen LogP contribution is 2.24. The van der Waals surface area contributed by atoms with E-state index in [0.29, 0.717) is 28.9 Å². The average molecular weight is 527 g/mol. The Bertz CT molecular complexity index is 976. The molecule has 7 nitrogen and oxygen atoms in total. The number of nitrogens with zero attached hydrogens (tertiary/aromatic N) is 1. The largest absolute Gasteiger partial charge is 0.493 e. The van der Waals surface area contributed by atoms with Crippen LogP contribution in [0.2, 0.25) is 10.0 Å². The molecule has 0 radical (unpaired) electrons. The third kappa shape index (κ3) is 8.67. The van der Waals surface area contributed by atoms with Crippen molar-refractivity contribution >= 4 is 46.8 Å². The number of hydrogen-bond acceptors (Lipinski definition) is 6. The first kappa shape index (κ1) is 26.6. The van der Waals surface area contributed by atoms with Gasteiger partial charge in [0.2, 0.25) is 5.91 Å². The number of carbonyl (C=O) groups is 2. The quantitative estimate of drug-likeness (QED) is 0.424. The molecule has 0 saturated carbocycles. The number of benzene rings is 2. The summed E-state index contributed by atoms with van der Waals surface area (Å²) in [7, 11) is 0. The van der Waals surface area contributed by atoms with Crippen LogP contribution >= 0.6 is 35.0 Å². The topological polar surface area (TPSA) is 88.1 Å². The van der Waals surface area contributed by atoms with Crippen molar-refractivity contribution < 1.29 is 24.2 Å². The van der Waals surface area contributed by atoms with Crippen molar-refractivity contribution in [3.63, 3.8) is 0 Å². The Kier molecular flexibility index (Phi) is 10.3. The molecule has 0 aliphatic carbocycles. The van der Waals surface area contributed by atoms with Gasteiger partial charge in [-0.05, 0) is 48.9 Å². The van der Waals surface area contributed by atoms with Crippen LogP contribution < -0.4 is 10.1 Å². The number of thioether (sulfide) groups is 1. The first-order valence-electron chi connectivity index (χ1n) is 10.9. The molecule has 1 aliphatic rings. The molecule has 1 fully saturated rings. The molecular weight excluding hydrogens is 499 g/mol. The monoisotopic (exact) mass is 526 g/mol. The van der Waals surface area contributed by atoms with Gasteiger partial charge >= 0.3 is 5.97 Å². The summed E-state index contributed by atoms with van der Waals surface area (Å²) in [6.45, 7) is 5.04. The van der Waals surface area contributed by atoms with Gasteiger partial charge in [-0.2, -0.15) is 0 Å². The van der Waals surface area contributed by atoms with Gasteiger partial charge in [-0.3, -0.25) is 14.5 Å². The van der Waals surface area contributed by atoms with Gasteiger partial charge < -0.3 is 19.9 Å². The highest BCUT2D eigenvalue weighted by molar-refractivity contribution is 8.00. The number of amides is 1. The van der Waals surface area contributed by atoms with Crippen LogP contribution in [0.5, 0.6) is 5.75 Å².